The molecule has 18 heavy (non-hydrogen) atoms. The number of sulfone groups is 1. The highest BCUT2D eigenvalue weighted by Gasteiger charge is 2.15. The standard InChI is InChI=1S/C8H17NO7S2/c1-17(13,14)3-2-4-18(15,16)9-6-7(10)5-8(11)12/h7,9-10H,2-6H2,1H3,(H,11,12). The highest BCUT2D eigenvalue weighted by atomic mass is 32.2. The van der Waals surface area contributed by atoms with E-state index in [1.807, 2.05) is 4.72 Å². The van der Waals surface area contributed by atoms with Crippen molar-refractivity contribution >= 4 is 25.8 Å². The summed E-state index contributed by atoms with van der Waals surface area (Å²) in [7, 11) is -6.92. The van der Waals surface area contributed by atoms with Gasteiger partial charge in [-0.15, -0.1) is 0 Å². The molecule has 0 fully saturated rings. The fourth-order valence-corrected chi connectivity index (χ4v) is 3.05. The molecule has 1 atom stereocenters. The van der Waals surface area contributed by atoms with E-state index in [9.17, 15) is 21.6 Å². The zero-order valence-electron chi connectivity index (χ0n) is 9.87. The van der Waals surface area contributed by atoms with Gasteiger partial charge in [0.25, 0.3) is 0 Å². The van der Waals surface area contributed by atoms with E-state index >= 15 is 0 Å². The molecule has 0 aliphatic heterocycles. The second-order valence-corrected chi connectivity index (χ2v) is 8.09. The SMILES string of the molecule is CS(=O)(=O)CCCS(=O)(=O)NCC(O)CC(=O)O. The number of carbonyl (C=O) groups is 1. The molecule has 0 aliphatic carbocycles. The first-order chi connectivity index (χ1) is 8.02. The van der Waals surface area contributed by atoms with Crippen LogP contribution in [0.25, 0.3) is 0 Å². The van der Waals surface area contributed by atoms with Crippen molar-refractivity contribution in [3.05, 3.63) is 0 Å². The Bertz CT molecular complexity index is 468. The number of aliphatic carboxylic acids is 1. The highest BCUT2D eigenvalue weighted by molar-refractivity contribution is 7.91. The third-order valence-corrected chi connectivity index (χ3v) is 4.34. The van der Waals surface area contributed by atoms with E-state index in [-0.39, 0.29) is 17.9 Å². The molecular formula is C8H17NO7S2. The van der Waals surface area contributed by atoms with Gasteiger partial charge < -0.3 is 10.2 Å². The van der Waals surface area contributed by atoms with Crippen molar-refractivity contribution in [2.24, 2.45) is 0 Å². The number of sulfonamides is 1. The summed E-state index contributed by atoms with van der Waals surface area (Å²) in [6, 6.07) is 0. The lowest BCUT2D eigenvalue weighted by atomic mass is 10.3. The fourth-order valence-electron chi connectivity index (χ4n) is 1.08. The maximum atomic E-state index is 11.3. The molecule has 1 unspecified atom stereocenters. The van der Waals surface area contributed by atoms with E-state index in [0.29, 0.717) is 0 Å². The fraction of sp³-hybridized carbons (Fsp3) is 0.875. The van der Waals surface area contributed by atoms with Gasteiger partial charge in [-0.3, -0.25) is 4.79 Å². The number of nitrogens with one attached hydrogen (secondary N) is 1. The van der Waals surface area contributed by atoms with E-state index < -0.39 is 44.9 Å². The van der Waals surface area contributed by atoms with Crippen molar-refractivity contribution in [1.29, 1.82) is 0 Å². The van der Waals surface area contributed by atoms with Crippen LogP contribution >= 0.6 is 0 Å². The Morgan fingerprint density at radius 1 is 1.22 bits per heavy atom. The second kappa shape index (κ2) is 7.02. The van der Waals surface area contributed by atoms with Crippen LogP contribution in [0, 0.1) is 0 Å². The maximum absolute atomic E-state index is 11.3. The quantitative estimate of drug-likeness (QED) is 0.455. The molecule has 0 rings (SSSR count). The molecule has 3 N–H and O–H groups in total. The van der Waals surface area contributed by atoms with E-state index in [1.54, 1.807) is 0 Å². The van der Waals surface area contributed by atoms with Crippen molar-refractivity contribution in [3.63, 3.8) is 0 Å². The van der Waals surface area contributed by atoms with Gasteiger partial charge in [0.2, 0.25) is 10.0 Å². The van der Waals surface area contributed by atoms with Crippen molar-refractivity contribution < 1.29 is 31.8 Å². The Morgan fingerprint density at radius 2 is 1.78 bits per heavy atom. The van der Waals surface area contributed by atoms with Crippen LogP contribution < -0.4 is 4.72 Å². The van der Waals surface area contributed by atoms with Crippen molar-refractivity contribution in [3.8, 4) is 0 Å². The number of carboxylic acids is 1. The van der Waals surface area contributed by atoms with Crippen LogP contribution in [0.1, 0.15) is 12.8 Å². The van der Waals surface area contributed by atoms with Gasteiger partial charge in [0.05, 0.1) is 24.0 Å². The molecule has 0 aromatic heterocycles. The normalized spacial score (nSPS) is 14.3. The summed E-state index contributed by atoms with van der Waals surface area (Å²) in [4.78, 5) is 10.2. The third-order valence-electron chi connectivity index (χ3n) is 1.88. The molecule has 0 radical (unpaired) electrons. The molecule has 8 nitrogen and oxygen atoms in total. The molecule has 0 amide bonds. The summed E-state index contributed by atoms with van der Waals surface area (Å²) in [6.07, 6.45) is -0.925. The average molecular weight is 303 g/mol. The van der Waals surface area contributed by atoms with Crippen LogP contribution in [-0.2, 0) is 24.7 Å². The molecule has 0 saturated heterocycles. The van der Waals surface area contributed by atoms with Gasteiger partial charge >= 0.3 is 5.97 Å². The van der Waals surface area contributed by atoms with Gasteiger partial charge in [-0.2, -0.15) is 0 Å². The zero-order valence-corrected chi connectivity index (χ0v) is 11.5. The first-order valence-electron chi connectivity index (χ1n) is 5.07. The predicted molar refractivity (Wildman–Crippen MR) is 64.4 cm³/mol. The molecular weight excluding hydrogens is 286 g/mol. The Labute approximate surface area is 106 Å². The van der Waals surface area contributed by atoms with Crippen LogP contribution in [0.5, 0.6) is 0 Å². The van der Waals surface area contributed by atoms with Gasteiger partial charge in [-0.25, -0.2) is 21.6 Å². The minimum absolute atomic E-state index is 0.0524. The van der Waals surface area contributed by atoms with Crippen LogP contribution in [0.3, 0.4) is 0 Å². The summed E-state index contributed by atoms with van der Waals surface area (Å²) in [5, 5.41) is 17.5. The molecule has 10 heteroatoms. The van der Waals surface area contributed by atoms with Crippen molar-refractivity contribution in [1.82, 2.24) is 4.72 Å². The van der Waals surface area contributed by atoms with E-state index in [1.165, 1.54) is 0 Å². The number of aliphatic hydroxyl groups is 1. The number of rotatable bonds is 9. The summed E-state index contributed by atoms with van der Waals surface area (Å²) < 4.78 is 46.3. The van der Waals surface area contributed by atoms with Crippen LogP contribution in [0.2, 0.25) is 0 Å². The molecule has 0 saturated carbocycles. The van der Waals surface area contributed by atoms with E-state index in [4.69, 9.17) is 10.2 Å². The average Bonchev–Trinajstić information content (AvgIpc) is 2.11. The second-order valence-electron chi connectivity index (χ2n) is 3.90. The topological polar surface area (TPSA) is 138 Å². The lowest BCUT2D eigenvalue weighted by molar-refractivity contribution is -0.139. The predicted octanol–water partition coefficient (Wildman–Crippen LogP) is -1.82. The lowest BCUT2D eigenvalue weighted by Gasteiger charge is -2.10. The Hall–Kier alpha value is -0.710. The van der Waals surface area contributed by atoms with Gasteiger partial charge in [0, 0.05) is 12.8 Å². The summed E-state index contributed by atoms with van der Waals surface area (Å²) in [5.41, 5.74) is 0. The van der Waals surface area contributed by atoms with E-state index in [0.717, 1.165) is 6.26 Å². The van der Waals surface area contributed by atoms with Gasteiger partial charge in [0.15, 0.2) is 0 Å². The van der Waals surface area contributed by atoms with Gasteiger partial charge in [-0.1, -0.05) is 0 Å². The third kappa shape index (κ3) is 10.4. The highest BCUT2D eigenvalue weighted by Crippen LogP contribution is 1.96. The molecule has 0 heterocycles. The first kappa shape index (κ1) is 17.3. The molecule has 0 aliphatic rings. The molecule has 108 valence electrons. The minimum atomic E-state index is -3.70. The first-order valence-corrected chi connectivity index (χ1v) is 8.78. The maximum Gasteiger partial charge on any atom is 0.306 e. The van der Waals surface area contributed by atoms with Crippen LogP contribution in [-0.4, -0.2) is 63.4 Å². The van der Waals surface area contributed by atoms with Crippen molar-refractivity contribution in [2.45, 2.75) is 18.9 Å². The summed E-state index contributed by atoms with van der Waals surface area (Å²) in [5.74, 6) is -1.87. The van der Waals surface area contributed by atoms with Crippen LogP contribution in [0.15, 0.2) is 0 Å². The molecule has 0 aromatic rings. The van der Waals surface area contributed by atoms with Crippen molar-refractivity contribution in [2.75, 3.05) is 24.3 Å². The van der Waals surface area contributed by atoms with E-state index in [2.05, 4.69) is 0 Å². The summed E-state index contributed by atoms with van der Waals surface area (Å²) >= 11 is 0. The molecule has 0 bridgehead atoms. The largest absolute Gasteiger partial charge is 0.481 e. The van der Waals surface area contributed by atoms with Crippen LogP contribution in [0.4, 0.5) is 0 Å². The number of aliphatic hydroxyl groups excluding tert-OH is 1. The minimum Gasteiger partial charge on any atom is -0.481 e. The Balaban J connectivity index is 4.05. The Morgan fingerprint density at radius 3 is 2.22 bits per heavy atom. The van der Waals surface area contributed by atoms with Gasteiger partial charge in [-0.05, 0) is 6.42 Å². The summed E-state index contributed by atoms with van der Waals surface area (Å²) in [6.45, 7) is -0.409. The number of carboxylic acid groups (broad SMARTS) is 1. The monoisotopic (exact) mass is 303 g/mol. The molecule has 0 spiro atoms. The lowest BCUT2D eigenvalue weighted by Crippen LogP contribution is -2.35. The molecule has 0 aromatic carbocycles. The van der Waals surface area contributed by atoms with Gasteiger partial charge in [0.1, 0.15) is 9.84 Å². The smallest absolute Gasteiger partial charge is 0.306 e. The Kier molecular flexibility index (Phi) is 6.74. The zero-order chi connectivity index (χ0) is 14.4. The number of hydrogen-bond acceptors (Lipinski definition) is 6. The number of hydrogen-bond donors (Lipinski definition) is 3.